The number of Topliss-reactive ketones (excluding diaryl/α,β-unsaturated/α-hetero) is 1. The van der Waals surface area contributed by atoms with Crippen LogP contribution < -0.4 is 10.1 Å². The summed E-state index contributed by atoms with van der Waals surface area (Å²) in [5.41, 5.74) is 2.23. The summed E-state index contributed by atoms with van der Waals surface area (Å²) in [5.74, 6) is 0.180. The van der Waals surface area contributed by atoms with Crippen molar-refractivity contribution in [3.8, 4) is 11.4 Å². The van der Waals surface area contributed by atoms with E-state index in [1.54, 1.807) is 42.5 Å². The molecule has 8 nitrogen and oxygen atoms in total. The summed E-state index contributed by atoms with van der Waals surface area (Å²) in [7, 11) is 1.52. The van der Waals surface area contributed by atoms with Crippen LogP contribution in [0, 0.1) is 0 Å². The summed E-state index contributed by atoms with van der Waals surface area (Å²) >= 11 is 0. The second-order valence-corrected chi connectivity index (χ2v) is 5.23. The molecule has 0 aliphatic carbocycles. The van der Waals surface area contributed by atoms with Gasteiger partial charge >= 0.3 is 0 Å². The highest BCUT2D eigenvalue weighted by atomic mass is 16.5. The average molecular weight is 337 g/mol. The number of hydrogen-bond acceptors (Lipinski definition) is 6. The molecule has 1 amide bonds. The lowest BCUT2D eigenvalue weighted by atomic mass is 10.1. The first-order valence-corrected chi connectivity index (χ1v) is 7.42. The highest BCUT2D eigenvalue weighted by Gasteiger charge is 2.11. The molecule has 25 heavy (non-hydrogen) atoms. The second kappa shape index (κ2) is 6.91. The molecule has 3 aromatic rings. The van der Waals surface area contributed by atoms with Crippen molar-refractivity contribution in [3.63, 3.8) is 0 Å². The van der Waals surface area contributed by atoms with E-state index >= 15 is 0 Å². The molecule has 0 radical (unpaired) electrons. The van der Waals surface area contributed by atoms with Gasteiger partial charge in [-0.15, -0.1) is 5.10 Å². The van der Waals surface area contributed by atoms with Gasteiger partial charge in [0.05, 0.1) is 7.11 Å². The molecule has 0 saturated heterocycles. The number of tetrazole rings is 1. The molecule has 0 bridgehead atoms. The first-order valence-electron chi connectivity index (χ1n) is 7.42. The van der Waals surface area contributed by atoms with E-state index in [0.717, 1.165) is 0 Å². The van der Waals surface area contributed by atoms with Gasteiger partial charge in [-0.2, -0.15) is 4.68 Å². The molecule has 1 N–H and O–H groups in total. The molecule has 2 aromatic carbocycles. The molecule has 0 aliphatic rings. The highest BCUT2D eigenvalue weighted by Crippen LogP contribution is 2.26. The van der Waals surface area contributed by atoms with E-state index in [-0.39, 0.29) is 11.7 Å². The number of nitrogens with one attached hydrogen (secondary N) is 1. The Kier molecular flexibility index (Phi) is 4.51. The fraction of sp³-hybridized carbons (Fsp3) is 0.118. The number of carbonyl (C=O) groups is 2. The van der Waals surface area contributed by atoms with Crippen molar-refractivity contribution in [3.05, 3.63) is 59.9 Å². The van der Waals surface area contributed by atoms with Gasteiger partial charge in [-0.05, 0) is 41.6 Å². The Morgan fingerprint density at radius 2 is 1.80 bits per heavy atom. The lowest BCUT2D eigenvalue weighted by Gasteiger charge is -2.11. The van der Waals surface area contributed by atoms with E-state index in [1.807, 2.05) is 0 Å². The van der Waals surface area contributed by atoms with Gasteiger partial charge in [-0.25, -0.2) is 0 Å². The van der Waals surface area contributed by atoms with Crippen LogP contribution >= 0.6 is 0 Å². The normalized spacial score (nSPS) is 10.3. The van der Waals surface area contributed by atoms with Crippen LogP contribution in [0.3, 0.4) is 0 Å². The Balaban J connectivity index is 1.80. The molecule has 1 heterocycles. The molecule has 0 fully saturated rings. The average Bonchev–Trinajstić information content (AvgIpc) is 3.16. The summed E-state index contributed by atoms with van der Waals surface area (Å²) < 4.78 is 6.80. The second-order valence-electron chi connectivity index (χ2n) is 5.23. The summed E-state index contributed by atoms with van der Waals surface area (Å²) in [6.45, 7) is 1.48. The number of ketones is 1. The minimum absolute atomic E-state index is 0.0464. The van der Waals surface area contributed by atoms with Gasteiger partial charge < -0.3 is 10.1 Å². The third kappa shape index (κ3) is 3.52. The molecule has 0 unspecified atom stereocenters. The van der Waals surface area contributed by atoms with Crippen LogP contribution in [0.2, 0.25) is 0 Å². The van der Waals surface area contributed by atoms with Crippen LogP contribution in [0.4, 0.5) is 5.69 Å². The Bertz CT molecular complexity index is 905. The van der Waals surface area contributed by atoms with E-state index in [4.69, 9.17) is 4.74 Å². The molecule has 0 saturated carbocycles. The number of anilines is 1. The topological polar surface area (TPSA) is 99.0 Å². The van der Waals surface area contributed by atoms with Gasteiger partial charge in [0.2, 0.25) is 0 Å². The first kappa shape index (κ1) is 16.3. The fourth-order valence-electron chi connectivity index (χ4n) is 2.28. The van der Waals surface area contributed by atoms with Gasteiger partial charge in [-0.3, -0.25) is 9.59 Å². The van der Waals surface area contributed by atoms with Gasteiger partial charge in [0.1, 0.15) is 17.8 Å². The molecule has 1 aromatic heterocycles. The minimum Gasteiger partial charge on any atom is -0.494 e. The van der Waals surface area contributed by atoms with Gasteiger partial charge in [-0.1, -0.05) is 12.1 Å². The number of aromatic nitrogens is 4. The van der Waals surface area contributed by atoms with Crippen molar-refractivity contribution in [1.29, 1.82) is 0 Å². The van der Waals surface area contributed by atoms with Crippen molar-refractivity contribution in [2.75, 3.05) is 12.4 Å². The van der Waals surface area contributed by atoms with Crippen molar-refractivity contribution >= 4 is 17.4 Å². The summed E-state index contributed by atoms with van der Waals surface area (Å²) in [5, 5.41) is 13.8. The smallest absolute Gasteiger partial charge is 0.255 e. The van der Waals surface area contributed by atoms with Gasteiger partial charge in [0.25, 0.3) is 5.91 Å². The van der Waals surface area contributed by atoms with E-state index < -0.39 is 0 Å². The standard InChI is InChI=1S/C17H15N5O3/c1-11(23)12-3-5-13(6-4-12)17(24)19-14-7-8-15(16(9-14)25-2)22-10-18-20-21-22/h3-10H,1-2H3,(H,19,24). The zero-order valence-electron chi connectivity index (χ0n) is 13.6. The number of hydrogen-bond donors (Lipinski definition) is 1. The van der Waals surface area contributed by atoms with Crippen molar-refractivity contribution in [2.24, 2.45) is 0 Å². The Morgan fingerprint density at radius 1 is 1.08 bits per heavy atom. The van der Waals surface area contributed by atoms with E-state index in [9.17, 15) is 9.59 Å². The number of methoxy groups -OCH3 is 1. The molecular weight excluding hydrogens is 322 g/mol. The third-order valence-electron chi connectivity index (χ3n) is 3.59. The Labute approximate surface area is 143 Å². The zero-order chi connectivity index (χ0) is 17.8. The van der Waals surface area contributed by atoms with Crippen molar-refractivity contribution in [2.45, 2.75) is 6.92 Å². The quantitative estimate of drug-likeness (QED) is 0.716. The molecule has 0 atom stereocenters. The number of benzene rings is 2. The largest absolute Gasteiger partial charge is 0.494 e. The number of amides is 1. The molecule has 3 rings (SSSR count). The summed E-state index contributed by atoms with van der Waals surface area (Å²) in [6.07, 6.45) is 1.45. The Morgan fingerprint density at radius 3 is 2.40 bits per heavy atom. The van der Waals surface area contributed by atoms with Crippen LogP contribution in [0.15, 0.2) is 48.8 Å². The summed E-state index contributed by atoms with van der Waals surface area (Å²) in [4.78, 5) is 23.6. The molecule has 126 valence electrons. The molecular formula is C17H15N5O3. The van der Waals surface area contributed by atoms with Crippen molar-refractivity contribution in [1.82, 2.24) is 20.2 Å². The predicted octanol–water partition coefficient (Wildman–Crippen LogP) is 2.13. The van der Waals surface area contributed by atoms with Crippen LogP contribution in [0.25, 0.3) is 5.69 Å². The van der Waals surface area contributed by atoms with Crippen molar-refractivity contribution < 1.29 is 14.3 Å². The summed E-state index contributed by atoms with van der Waals surface area (Å²) in [6, 6.07) is 11.6. The first-order chi connectivity index (χ1) is 12.1. The maximum absolute atomic E-state index is 12.3. The monoisotopic (exact) mass is 337 g/mol. The van der Waals surface area contributed by atoms with E-state index in [0.29, 0.717) is 28.3 Å². The van der Waals surface area contributed by atoms with Crippen LogP contribution in [-0.4, -0.2) is 39.0 Å². The lowest BCUT2D eigenvalue weighted by molar-refractivity contribution is 0.100. The minimum atomic E-state index is -0.285. The fourth-order valence-corrected chi connectivity index (χ4v) is 2.28. The van der Waals surface area contributed by atoms with Crippen LogP contribution in [0.1, 0.15) is 27.6 Å². The number of rotatable bonds is 5. The number of carbonyl (C=O) groups excluding carboxylic acids is 2. The lowest BCUT2D eigenvalue weighted by Crippen LogP contribution is -2.12. The highest BCUT2D eigenvalue weighted by molar-refractivity contribution is 6.05. The molecule has 0 aliphatic heterocycles. The number of ether oxygens (including phenoxy) is 1. The van der Waals surface area contributed by atoms with Gasteiger partial charge in [0, 0.05) is 22.9 Å². The van der Waals surface area contributed by atoms with E-state index in [1.165, 1.54) is 25.0 Å². The maximum atomic E-state index is 12.3. The zero-order valence-corrected chi connectivity index (χ0v) is 13.6. The number of nitrogens with zero attached hydrogens (tertiary/aromatic N) is 4. The Hall–Kier alpha value is -3.55. The predicted molar refractivity (Wildman–Crippen MR) is 90.1 cm³/mol. The van der Waals surface area contributed by atoms with Crippen LogP contribution in [-0.2, 0) is 0 Å². The van der Waals surface area contributed by atoms with Gasteiger partial charge in [0.15, 0.2) is 5.78 Å². The third-order valence-corrected chi connectivity index (χ3v) is 3.59. The molecule has 0 spiro atoms. The SMILES string of the molecule is COc1cc(NC(=O)c2ccc(C(C)=O)cc2)ccc1-n1cnnn1. The maximum Gasteiger partial charge on any atom is 0.255 e. The van der Waals surface area contributed by atoms with Crippen LogP contribution in [0.5, 0.6) is 5.75 Å². The van der Waals surface area contributed by atoms with E-state index in [2.05, 4.69) is 20.8 Å². The molecule has 8 heteroatoms.